The highest BCUT2D eigenvalue weighted by Gasteiger charge is 2.23. The van der Waals surface area contributed by atoms with Crippen LogP contribution in [0.5, 0.6) is 0 Å². The molecule has 0 bridgehead atoms. The number of aromatic nitrogens is 3. The van der Waals surface area contributed by atoms with Gasteiger partial charge in [-0.2, -0.15) is 4.98 Å². The molecule has 1 atom stereocenters. The zero-order chi connectivity index (χ0) is 15.5. The van der Waals surface area contributed by atoms with Crippen molar-refractivity contribution in [3.05, 3.63) is 42.0 Å². The Morgan fingerprint density at radius 2 is 1.83 bits per heavy atom. The number of rotatable bonds is 3. The second-order valence-corrected chi connectivity index (χ2v) is 6.29. The van der Waals surface area contributed by atoms with E-state index in [1.54, 1.807) is 6.33 Å². The zero-order valence-electron chi connectivity index (χ0n) is 13.1. The minimum Gasteiger partial charge on any atom is -0.333 e. The summed E-state index contributed by atoms with van der Waals surface area (Å²) in [5, 5.41) is 3.36. The van der Waals surface area contributed by atoms with E-state index in [4.69, 9.17) is 0 Å². The molecule has 0 spiro atoms. The summed E-state index contributed by atoms with van der Waals surface area (Å²) in [4.78, 5) is 13.4. The van der Waals surface area contributed by atoms with E-state index < -0.39 is 0 Å². The van der Waals surface area contributed by atoms with Crippen LogP contribution in [0.2, 0.25) is 0 Å². The molecule has 6 heteroatoms. The highest BCUT2D eigenvalue weighted by atomic mass is 15.5. The highest BCUT2D eigenvalue weighted by Crippen LogP contribution is 2.31. The Labute approximate surface area is 136 Å². The van der Waals surface area contributed by atoms with Crippen LogP contribution >= 0.6 is 0 Å². The topological polar surface area (TPSA) is 74.8 Å². The number of nitrogens with one attached hydrogen (secondary N) is 3. The van der Waals surface area contributed by atoms with Gasteiger partial charge in [-0.1, -0.05) is 43.9 Å². The standard InChI is InChI=1S/C17H22N6/c1-2-4-8-12(7-3-1)15-18-11-19-17(20-15)21-16-13-9-5-6-10-14(13)22-23-16/h5-6,9-12,16,22-23H,1-4,7-8H2,(H,18,19,20,21). The quantitative estimate of drug-likeness (QED) is 0.755. The van der Waals surface area contributed by atoms with Crippen LogP contribution in [0.15, 0.2) is 30.6 Å². The maximum absolute atomic E-state index is 4.67. The highest BCUT2D eigenvalue weighted by molar-refractivity contribution is 5.57. The van der Waals surface area contributed by atoms with Crippen molar-refractivity contribution in [2.24, 2.45) is 0 Å². The van der Waals surface area contributed by atoms with Crippen LogP contribution in [-0.2, 0) is 0 Å². The number of hydrogen-bond donors (Lipinski definition) is 3. The largest absolute Gasteiger partial charge is 0.333 e. The van der Waals surface area contributed by atoms with Crippen molar-refractivity contribution in [2.75, 3.05) is 10.7 Å². The normalized spacial score (nSPS) is 21.3. The summed E-state index contributed by atoms with van der Waals surface area (Å²) in [6.45, 7) is 0. The molecule has 1 unspecified atom stereocenters. The minimum atomic E-state index is -0.0319. The van der Waals surface area contributed by atoms with Crippen molar-refractivity contribution < 1.29 is 0 Å². The molecule has 0 radical (unpaired) electrons. The van der Waals surface area contributed by atoms with E-state index in [2.05, 4.69) is 37.2 Å². The Bertz CT molecular complexity index is 666. The Morgan fingerprint density at radius 1 is 1.00 bits per heavy atom. The van der Waals surface area contributed by atoms with E-state index in [-0.39, 0.29) is 6.17 Å². The molecule has 0 saturated heterocycles. The van der Waals surface area contributed by atoms with Gasteiger partial charge in [-0.05, 0) is 18.9 Å². The van der Waals surface area contributed by atoms with Crippen LogP contribution in [0.4, 0.5) is 11.6 Å². The maximum Gasteiger partial charge on any atom is 0.227 e. The lowest BCUT2D eigenvalue weighted by Gasteiger charge is -2.16. The molecule has 1 saturated carbocycles. The summed E-state index contributed by atoms with van der Waals surface area (Å²) in [6.07, 6.45) is 9.20. The number of anilines is 2. The third-order valence-electron chi connectivity index (χ3n) is 4.71. The molecule has 1 aromatic heterocycles. The van der Waals surface area contributed by atoms with Gasteiger partial charge >= 0.3 is 0 Å². The molecule has 2 heterocycles. The third-order valence-corrected chi connectivity index (χ3v) is 4.71. The molecule has 1 aliphatic heterocycles. The van der Waals surface area contributed by atoms with Gasteiger partial charge in [-0.3, -0.25) is 0 Å². The molecule has 1 aromatic carbocycles. The first-order valence-corrected chi connectivity index (χ1v) is 8.46. The van der Waals surface area contributed by atoms with E-state index in [0.29, 0.717) is 11.9 Å². The van der Waals surface area contributed by atoms with Gasteiger partial charge < -0.3 is 10.7 Å². The van der Waals surface area contributed by atoms with E-state index in [9.17, 15) is 0 Å². The lowest BCUT2D eigenvalue weighted by Crippen LogP contribution is -2.26. The van der Waals surface area contributed by atoms with Crippen LogP contribution in [0.25, 0.3) is 0 Å². The number of para-hydroxylation sites is 1. The monoisotopic (exact) mass is 310 g/mol. The number of hydrogen-bond acceptors (Lipinski definition) is 6. The van der Waals surface area contributed by atoms with Crippen molar-refractivity contribution in [2.45, 2.75) is 50.6 Å². The number of hydrazine groups is 1. The molecule has 4 rings (SSSR count). The van der Waals surface area contributed by atoms with E-state index in [1.807, 2.05) is 18.2 Å². The van der Waals surface area contributed by atoms with Crippen molar-refractivity contribution >= 4 is 11.6 Å². The van der Waals surface area contributed by atoms with Crippen LogP contribution in [0, 0.1) is 0 Å². The molecule has 1 aliphatic carbocycles. The first kappa shape index (κ1) is 14.4. The molecule has 2 aromatic rings. The predicted octanol–water partition coefficient (Wildman–Crippen LogP) is 3.35. The summed E-state index contributed by atoms with van der Waals surface area (Å²) >= 11 is 0. The molecule has 3 N–H and O–H groups in total. The van der Waals surface area contributed by atoms with E-state index in [1.165, 1.54) is 44.1 Å². The molecule has 23 heavy (non-hydrogen) atoms. The number of fused-ring (bicyclic) bond motifs is 1. The van der Waals surface area contributed by atoms with E-state index >= 15 is 0 Å². The van der Waals surface area contributed by atoms with Gasteiger partial charge in [0.15, 0.2) is 0 Å². The van der Waals surface area contributed by atoms with Crippen LogP contribution in [0.3, 0.4) is 0 Å². The van der Waals surface area contributed by atoms with Crippen molar-refractivity contribution in [3.63, 3.8) is 0 Å². The average Bonchev–Trinajstić information content (AvgIpc) is 2.82. The van der Waals surface area contributed by atoms with Crippen molar-refractivity contribution in [1.29, 1.82) is 0 Å². The maximum atomic E-state index is 4.67. The van der Waals surface area contributed by atoms with Crippen LogP contribution in [-0.4, -0.2) is 15.0 Å². The van der Waals surface area contributed by atoms with Gasteiger partial charge in [0.05, 0.1) is 5.69 Å². The first-order valence-electron chi connectivity index (χ1n) is 8.46. The minimum absolute atomic E-state index is 0.0319. The Hall–Kier alpha value is -2.21. The second-order valence-electron chi connectivity index (χ2n) is 6.29. The fourth-order valence-corrected chi connectivity index (χ4v) is 3.45. The molecule has 2 aliphatic rings. The lowest BCUT2D eigenvalue weighted by molar-refractivity contribution is 0.557. The summed E-state index contributed by atoms with van der Waals surface area (Å²) < 4.78 is 0. The zero-order valence-corrected chi connectivity index (χ0v) is 13.1. The summed E-state index contributed by atoms with van der Waals surface area (Å²) in [6, 6.07) is 8.19. The molecular formula is C17H22N6. The molecule has 0 amide bonds. The molecule has 1 fully saturated rings. The summed E-state index contributed by atoms with van der Waals surface area (Å²) in [7, 11) is 0. The fraction of sp³-hybridized carbons (Fsp3) is 0.471. The fourth-order valence-electron chi connectivity index (χ4n) is 3.45. The second kappa shape index (κ2) is 6.50. The predicted molar refractivity (Wildman–Crippen MR) is 89.8 cm³/mol. The lowest BCUT2D eigenvalue weighted by atomic mass is 10.00. The number of nitrogens with zero attached hydrogens (tertiary/aromatic N) is 3. The van der Waals surface area contributed by atoms with Gasteiger partial charge in [0.2, 0.25) is 5.95 Å². The van der Waals surface area contributed by atoms with Gasteiger partial charge in [-0.15, -0.1) is 0 Å². The smallest absolute Gasteiger partial charge is 0.227 e. The SMILES string of the molecule is c1ccc2c(c1)NNC2Nc1ncnc(C2CCCCCC2)n1. The number of benzene rings is 1. The Balaban J connectivity index is 1.51. The Kier molecular flexibility index (Phi) is 4.06. The summed E-state index contributed by atoms with van der Waals surface area (Å²) in [5.74, 6) is 2.04. The molecule has 120 valence electrons. The molecule has 6 nitrogen and oxygen atoms in total. The van der Waals surface area contributed by atoms with Crippen molar-refractivity contribution in [3.8, 4) is 0 Å². The Morgan fingerprint density at radius 3 is 2.70 bits per heavy atom. The first-order chi connectivity index (χ1) is 11.4. The van der Waals surface area contributed by atoms with Gasteiger partial charge in [-0.25, -0.2) is 15.4 Å². The van der Waals surface area contributed by atoms with Gasteiger partial charge in [0, 0.05) is 11.5 Å². The van der Waals surface area contributed by atoms with Gasteiger partial charge in [0.1, 0.15) is 18.3 Å². The van der Waals surface area contributed by atoms with E-state index in [0.717, 1.165) is 11.5 Å². The average molecular weight is 310 g/mol. The summed E-state index contributed by atoms with van der Waals surface area (Å²) in [5.41, 5.74) is 8.65. The third kappa shape index (κ3) is 3.12. The van der Waals surface area contributed by atoms with Crippen LogP contribution < -0.4 is 16.2 Å². The van der Waals surface area contributed by atoms with Crippen LogP contribution in [0.1, 0.15) is 62.0 Å². The van der Waals surface area contributed by atoms with Gasteiger partial charge in [0.25, 0.3) is 0 Å². The molecular weight excluding hydrogens is 288 g/mol. The van der Waals surface area contributed by atoms with Crippen molar-refractivity contribution in [1.82, 2.24) is 20.4 Å².